The van der Waals surface area contributed by atoms with Gasteiger partial charge >= 0.3 is 6.09 Å². The van der Waals surface area contributed by atoms with Crippen molar-refractivity contribution < 1.29 is 11.0 Å². The van der Waals surface area contributed by atoms with Crippen LogP contribution in [0, 0.1) is 0 Å². The second-order valence-corrected chi connectivity index (χ2v) is 0.970. The van der Waals surface area contributed by atoms with E-state index in [1.807, 2.05) is 0 Å². The summed E-state index contributed by atoms with van der Waals surface area (Å²) in [6.07, 6.45) is -0.373. The zero-order valence-electron chi connectivity index (χ0n) is 4.52. The summed E-state index contributed by atoms with van der Waals surface area (Å²) >= 11 is 0. The van der Waals surface area contributed by atoms with Crippen molar-refractivity contribution in [1.29, 1.82) is 0 Å². The molecule has 0 fully saturated rings. The average molecular weight is 105 g/mol. The number of hydrogen-bond donors (Lipinski definition) is 1. The van der Waals surface area contributed by atoms with E-state index in [1.165, 1.54) is 7.05 Å². The summed E-state index contributed by atoms with van der Waals surface area (Å²) in [5.41, 5.74) is 0. The summed E-state index contributed by atoms with van der Waals surface area (Å²) in [4.78, 5) is 10.1. The zero-order chi connectivity index (χ0) is 5.70. The monoisotopic (exact) mass is 105 g/mol. The number of carbonyl (C=O) groups excluding carboxylic acids is 1. The van der Waals surface area contributed by atoms with Gasteiger partial charge in [0.25, 0.3) is 0 Å². The molecule has 0 heterocycles. The second-order valence-electron chi connectivity index (χ2n) is 0.970. The Morgan fingerprint density at radius 1 is 2.00 bits per heavy atom. The van der Waals surface area contributed by atoms with Crippen molar-refractivity contribution in [3.05, 3.63) is 0 Å². The molecule has 1 amide bonds. The number of alkyl carbamates (subject to hydrolysis) is 1. The van der Waals surface area contributed by atoms with Crippen LogP contribution in [0.25, 0.3) is 0 Å². The molecule has 0 aromatic rings. The minimum Gasteiger partial charge on any atom is -0.450 e. The van der Waals surface area contributed by atoms with E-state index in [2.05, 4.69) is 10.1 Å². The van der Waals surface area contributed by atoms with Gasteiger partial charge in [0.05, 0.1) is 6.61 Å². The second kappa shape index (κ2) is 3.46. The van der Waals surface area contributed by atoms with Gasteiger partial charge in [0.15, 0.2) is 0 Å². The molecule has 0 saturated heterocycles. The number of rotatable bonds is 1. The first-order valence-corrected chi connectivity index (χ1v) is 2.15. The first-order chi connectivity index (χ1) is 3.31. The normalized spacial score (nSPS) is 7.71. The lowest BCUT2D eigenvalue weighted by molar-refractivity contribution is 0.154. The molecule has 0 aromatic heterocycles. The average Bonchev–Trinajstić information content (AvgIpc) is 1.68. The molecule has 0 atom stereocenters. The van der Waals surface area contributed by atoms with Crippen molar-refractivity contribution in [2.24, 2.45) is 0 Å². The standard InChI is InChI=1S/C4H9NO2.H2/c1-3-7-4(6)5-2;/h3H2,1-2H3,(H,5,6);1H. The van der Waals surface area contributed by atoms with Gasteiger partial charge in [0, 0.05) is 8.47 Å². The molecule has 0 aliphatic heterocycles. The van der Waals surface area contributed by atoms with E-state index in [1.54, 1.807) is 6.92 Å². The molecule has 0 radical (unpaired) electrons. The van der Waals surface area contributed by atoms with Crippen LogP contribution in [0.3, 0.4) is 0 Å². The molecule has 0 unspecified atom stereocenters. The van der Waals surface area contributed by atoms with Crippen LogP contribution in [0.4, 0.5) is 4.79 Å². The topological polar surface area (TPSA) is 38.3 Å². The lowest BCUT2D eigenvalue weighted by Gasteiger charge is -1.95. The van der Waals surface area contributed by atoms with E-state index < -0.39 is 0 Å². The number of hydrogen-bond acceptors (Lipinski definition) is 2. The van der Waals surface area contributed by atoms with Crippen molar-refractivity contribution >= 4 is 6.09 Å². The smallest absolute Gasteiger partial charge is 0.406 e. The van der Waals surface area contributed by atoms with E-state index in [0.717, 1.165) is 0 Å². The first kappa shape index (κ1) is 6.27. The first-order valence-electron chi connectivity index (χ1n) is 2.15. The maximum atomic E-state index is 10.1. The molecule has 0 aliphatic carbocycles. The fraction of sp³-hybridized carbons (Fsp3) is 0.750. The van der Waals surface area contributed by atoms with E-state index in [-0.39, 0.29) is 7.52 Å². The predicted molar refractivity (Wildman–Crippen MR) is 28.2 cm³/mol. The lowest BCUT2D eigenvalue weighted by Crippen LogP contribution is -2.18. The maximum Gasteiger partial charge on any atom is 0.406 e. The van der Waals surface area contributed by atoms with Gasteiger partial charge in [0.2, 0.25) is 0 Å². The van der Waals surface area contributed by atoms with Gasteiger partial charge in [-0.05, 0) is 6.92 Å². The Labute approximate surface area is 44.1 Å². The van der Waals surface area contributed by atoms with Gasteiger partial charge in [-0.3, -0.25) is 0 Å². The predicted octanol–water partition coefficient (Wildman–Crippen LogP) is 0.608. The van der Waals surface area contributed by atoms with Gasteiger partial charge in [-0.25, -0.2) is 4.79 Å². The highest BCUT2D eigenvalue weighted by atomic mass is 16.5. The van der Waals surface area contributed by atoms with Gasteiger partial charge < -0.3 is 10.1 Å². The largest absolute Gasteiger partial charge is 0.450 e. The fourth-order valence-corrected chi connectivity index (χ4v) is 0.203. The van der Waals surface area contributed by atoms with Crippen LogP contribution in [-0.2, 0) is 4.74 Å². The molecule has 0 bridgehead atoms. The van der Waals surface area contributed by atoms with Crippen LogP contribution in [0.5, 0.6) is 0 Å². The highest BCUT2D eigenvalue weighted by Crippen LogP contribution is 1.70. The Morgan fingerprint density at radius 2 is 2.57 bits per heavy atom. The van der Waals surface area contributed by atoms with Gasteiger partial charge in [0.1, 0.15) is 0 Å². The zero-order valence-corrected chi connectivity index (χ0v) is 4.52. The Morgan fingerprint density at radius 3 is 2.71 bits per heavy atom. The lowest BCUT2D eigenvalue weighted by atomic mass is 10.9. The number of nitrogens with one attached hydrogen (secondary N) is 1. The molecule has 0 aliphatic rings. The van der Waals surface area contributed by atoms with Crippen LogP contribution in [0.2, 0.25) is 0 Å². The van der Waals surface area contributed by atoms with E-state index >= 15 is 0 Å². The molecular weight excluding hydrogens is 94.0 g/mol. The molecule has 0 saturated carbocycles. The quantitative estimate of drug-likeness (QED) is 0.530. The number of carbonyl (C=O) groups is 1. The highest BCUT2D eigenvalue weighted by molar-refractivity contribution is 5.66. The van der Waals surface area contributed by atoms with Crippen molar-refractivity contribution in [1.82, 2.24) is 5.32 Å². The molecule has 0 rings (SSSR count). The minimum atomic E-state index is -0.373. The third kappa shape index (κ3) is 3.09. The van der Waals surface area contributed by atoms with Crippen molar-refractivity contribution in [2.75, 3.05) is 13.7 Å². The van der Waals surface area contributed by atoms with Crippen molar-refractivity contribution in [3.8, 4) is 0 Å². The molecule has 3 heteroatoms. The highest BCUT2D eigenvalue weighted by Gasteiger charge is 1.89. The van der Waals surface area contributed by atoms with Crippen LogP contribution < -0.4 is 5.32 Å². The van der Waals surface area contributed by atoms with Gasteiger partial charge in [-0.15, -0.1) is 0 Å². The van der Waals surface area contributed by atoms with Crippen LogP contribution in [0.1, 0.15) is 8.35 Å². The van der Waals surface area contributed by atoms with Crippen LogP contribution >= 0.6 is 0 Å². The van der Waals surface area contributed by atoms with Crippen molar-refractivity contribution in [2.45, 2.75) is 6.92 Å². The fourth-order valence-electron chi connectivity index (χ4n) is 0.203. The molecule has 3 nitrogen and oxygen atoms in total. The summed E-state index contributed by atoms with van der Waals surface area (Å²) in [5.74, 6) is 0. The van der Waals surface area contributed by atoms with E-state index in [0.29, 0.717) is 6.61 Å². The summed E-state index contributed by atoms with van der Waals surface area (Å²) in [6, 6.07) is 0. The molecule has 44 valence electrons. The number of ether oxygens (including phenoxy) is 1. The SMILES string of the molecule is CCOC(=O)NC.[HH]. The summed E-state index contributed by atoms with van der Waals surface area (Å²) in [6.45, 7) is 2.19. The third-order valence-electron chi connectivity index (χ3n) is 0.480. The Kier molecular flexibility index (Phi) is 3.10. The van der Waals surface area contributed by atoms with Gasteiger partial charge in [-0.2, -0.15) is 0 Å². The van der Waals surface area contributed by atoms with E-state index in [4.69, 9.17) is 0 Å². The Bertz CT molecular complexity index is 67.1. The molecule has 0 spiro atoms. The van der Waals surface area contributed by atoms with E-state index in [9.17, 15) is 4.79 Å². The molecule has 7 heavy (non-hydrogen) atoms. The summed E-state index contributed by atoms with van der Waals surface area (Å²) in [5, 5.41) is 2.30. The Balaban J connectivity index is 0. The maximum absolute atomic E-state index is 10.1. The minimum absolute atomic E-state index is 0. The molecular formula is C4H11NO2. The van der Waals surface area contributed by atoms with Crippen LogP contribution in [0.15, 0.2) is 0 Å². The van der Waals surface area contributed by atoms with Crippen LogP contribution in [-0.4, -0.2) is 19.7 Å². The molecule has 0 aromatic carbocycles. The number of amides is 1. The third-order valence-corrected chi connectivity index (χ3v) is 0.480. The molecule has 1 N–H and O–H groups in total. The Hall–Kier alpha value is -0.730. The summed E-state index contributed by atoms with van der Waals surface area (Å²) in [7, 11) is 1.53. The van der Waals surface area contributed by atoms with Gasteiger partial charge in [-0.1, -0.05) is 0 Å². The van der Waals surface area contributed by atoms with Crippen molar-refractivity contribution in [3.63, 3.8) is 0 Å². The summed E-state index contributed by atoms with van der Waals surface area (Å²) < 4.78 is 4.44.